The molecule has 1 saturated heterocycles. The van der Waals surface area contributed by atoms with Crippen LogP contribution in [0, 0.1) is 0 Å². The molecule has 5 nitrogen and oxygen atoms in total. The maximum absolute atomic E-state index is 12.0. The van der Waals surface area contributed by atoms with Crippen molar-refractivity contribution >= 4 is 24.0 Å². The van der Waals surface area contributed by atoms with Crippen molar-refractivity contribution in [2.24, 2.45) is 0 Å². The highest BCUT2D eigenvalue weighted by Crippen LogP contribution is 2.23. The summed E-state index contributed by atoms with van der Waals surface area (Å²) < 4.78 is 11.3. The molecule has 6 heteroatoms. The fraction of sp³-hybridized carbons (Fsp3) is 0.316. The van der Waals surface area contributed by atoms with E-state index in [9.17, 15) is 4.79 Å². The summed E-state index contributed by atoms with van der Waals surface area (Å²) in [6.45, 7) is 1.81. The molecule has 2 N–H and O–H groups in total. The van der Waals surface area contributed by atoms with Crippen molar-refractivity contribution in [1.29, 1.82) is 0 Å². The van der Waals surface area contributed by atoms with Gasteiger partial charge in [-0.3, -0.25) is 4.79 Å². The van der Waals surface area contributed by atoms with E-state index in [-0.39, 0.29) is 31.0 Å². The third-order valence-electron chi connectivity index (χ3n) is 3.78. The number of amides is 1. The highest BCUT2D eigenvalue weighted by molar-refractivity contribution is 5.92. The molecule has 1 aliphatic rings. The molecule has 0 radical (unpaired) electrons. The molecule has 1 atom stereocenters. The van der Waals surface area contributed by atoms with Crippen molar-refractivity contribution in [3.8, 4) is 11.5 Å². The standard InChI is InChI=1S/C19H22N2O3.ClH/c22-19(14-20-13-18-10-5-11-23-18)21-15-6-4-9-17(12-15)24-16-7-2-1-3-8-16;/h1-4,6-9,12,18,20H,5,10-11,13-14H2,(H,21,22);1H. The third kappa shape index (κ3) is 6.38. The van der Waals surface area contributed by atoms with Gasteiger partial charge in [-0.05, 0) is 37.1 Å². The fourth-order valence-corrected chi connectivity index (χ4v) is 2.62. The third-order valence-corrected chi connectivity index (χ3v) is 3.78. The molecule has 1 aliphatic heterocycles. The molecule has 25 heavy (non-hydrogen) atoms. The Hall–Kier alpha value is -2.08. The summed E-state index contributed by atoms with van der Waals surface area (Å²) in [7, 11) is 0. The number of hydrogen-bond acceptors (Lipinski definition) is 4. The first kappa shape index (κ1) is 19.2. The van der Waals surface area contributed by atoms with Gasteiger partial charge in [0.25, 0.3) is 0 Å². The first-order valence-corrected chi connectivity index (χ1v) is 8.25. The molecule has 0 spiro atoms. The number of hydrogen-bond donors (Lipinski definition) is 2. The molecule has 1 amide bonds. The Balaban J connectivity index is 0.00000225. The first-order chi connectivity index (χ1) is 11.8. The molecular formula is C19H23ClN2O3. The summed E-state index contributed by atoms with van der Waals surface area (Å²) in [5.74, 6) is 1.37. The maximum Gasteiger partial charge on any atom is 0.238 e. The van der Waals surface area contributed by atoms with Gasteiger partial charge in [0.2, 0.25) is 5.91 Å². The van der Waals surface area contributed by atoms with Crippen LogP contribution >= 0.6 is 12.4 Å². The number of anilines is 1. The maximum atomic E-state index is 12.0. The molecule has 1 unspecified atom stereocenters. The lowest BCUT2D eigenvalue weighted by Crippen LogP contribution is -2.33. The topological polar surface area (TPSA) is 59.6 Å². The van der Waals surface area contributed by atoms with Crippen LogP contribution in [-0.2, 0) is 9.53 Å². The SMILES string of the molecule is Cl.O=C(CNCC1CCCO1)Nc1cccc(Oc2ccccc2)c1. The Morgan fingerprint density at radius 1 is 1.12 bits per heavy atom. The monoisotopic (exact) mass is 362 g/mol. The lowest BCUT2D eigenvalue weighted by molar-refractivity contribution is -0.115. The van der Waals surface area contributed by atoms with Crippen molar-refractivity contribution in [3.63, 3.8) is 0 Å². The van der Waals surface area contributed by atoms with Crippen LogP contribution < -0.4 is 15.4 Å². The van der Waals surface area contributed by atoms with E-state index in [2.05, 4.69) is 10.6 Å². The summed E-state index contributed by atoms with van der Waals surface area (Å²) in [6, 6.07) is 16.9. The molecule has 1 heterocycles. The minimum absolute atomic E-state index is 0. The van der Waals surface area contributed by atoms with E-state index in [1.807, 2.05) is 54.6 Å². The lowest BCUT2D eigenvalue weighted by atomic mass is 10.2. The summed E-state index contributed by atoms with van der Waals surface area (Å²) in [5, 5.41) is 6.00. The number of carbonyl (C=O) groups is 1. The van der Waals surface area contributed by atoms with Crippen LogP contribution in [0.1, 0.15) is 12.8 Å². The summed E-state index contributed by atoms with van der Waals surface area (Å²) in [6.07, 6.45) is 2.40. The van der Waals surface area contributed by atoms with Crippen molar-refractivity contribution in [2.75, 3.05) is 25.0 Å². The predicted octanol–water partition coefficient (Wildman–Crippen LogP) is 3.61. The second-order valence-corrected chi connectivity index (χ2v) is 5.76. The fourth-order valence-electron chi connectivity index (χ4n) is 2.62. The second kappa shape index (κ2) is 10.0. The summed E-state index contributed by atoms with van der Waals surface area (Å²) in [5.41, 5.74) is 0.715. The van der Waals surface area contributed by atoms with Crippen molar-refractivity contribution in [3.05, 3.63) is 54.6 Å². The Morgan fingerprint density at radius 3 is 2.68 bits per heavy atom. The van der Waals surface area contributed by atoms with Gasteiger partial charge in [0, 0.05) is 24.9 Å². The van der Waals surface area contributed by atoms with Gasteiger partial charge in [-0.1, -0.05) is 24.3 Å². The highest BCUT2D eigenvalue weighted by atomic mass is 35.5. The van der Waals surface area contributed by atoms with Crippen LogP contribution in [0.5, 0.6) is 11.5 Å². The zero-order chi connectivity index (χ0) is 16.6. The normalized spacial score (nSPS) is 16.1. The van der Waals surface area contributed by atoms with Crippen LogP contribution in [-0.4, -0.2) is 31.7 Å². The zero-order valence-corrected chi connectivity index (χ0v) is 14.8. The Kier molecular flexibility index (Phi) is 7.73. The zero-order valence-electron chi connectivity index (χ0n) is 13.9. The average molecular weight is 363 g/mol. The van der Waals surface area contributed by atoms with Gasteiger partial charge in [0.05, 0.1) is 12.6 Å². The van der Waals surface area contributed by atoms with Gasteiger partial charge < -0.3 is 20.1 Å². The quantitative estimate of drug-likeness (QED) is 0.790. The van der Waals surface area contributed by atoms with E-state index in [0.717, 1.165) is 25.2 Å². The molecular weight excluding hydrogens is 340 g/mol. The molecule has 0 aromatic heterocycles. The number of benzene rings is 2. The number of halogens is 1. The number of nitrogens with one attached hydrogen (secondary N) is 2. The number of ether oxygens (including phenoxy) is 2. The molecule has 2 aromatic carbocycles. The Labute approximate surface area is 154 Å². The molecule has 0 bridgehead atoms. The van der Waals surface area contributed by atoms with Gasteiger partial charge in [-0.2, -0.15) is 0 Å². The van der Waals surface area contributed by atoms with Gasteiger partial charge in [-0.25, -0.2) is 0 Å². The first-order valence-electron chi connectivity index (χ1n) is 8.25. The number of para-hydroxylation sites is 1. The second-order valence-electron chi connectivity index (χ2n) is 5.76. The Morgan fingerprint density at radius 2 is 1.92 bits per heavy atom. The van der Waals surface area contributed by atoms with Gasteiger partial charge in [-0.15, -0.1) is 12.4 Å². The van der Waals surface area contributed by atoms with Crippen molar-refractivity contribution in [2.45, 2.75) is 18.9 Å². The van der Waals surface area contributed by atoms with E-state index >= 15 is 0 Å². The minimum atomic E-state index is -0.0788. The van der Waals surface area contributed by atoms with E-state index in [1.165, 1.54) is 0 Å². The van der Waals surface area contributed by atoms with Crippen molar-refractivity contribution < 1.29 is 14.3 Å². The van der Waals surface area contributed by atoms with Crippen LogP contribution in [0.4, 0.5) is 5.69 Å². The molecule has 1 fully saturated rings. The van der Waals surface area contributed by atoms with E-state index in [4.69, 9.17) is 9.47 Å². The minimum Gasteiger partial charge on any atom is -0.457 e. The molecule has 0 saturated carbocycles. The van der Waals surface area contributed by atoms with E-state index in [1.54, 1.807) is 0 Å². The van der Waals surface area contributed by atoms with Gasteiger partial charge >= 0.3 is 0 Å². The van der Waals surface area contributed by atoms with Crippen LogP contribution in [0.25, 0.3) is 0 Å². The molecule has 2 aromatic rings. The highest BCUT2D eigenvalue weighted by Gasteiger charge is 2.15. The van der Waals surface area contributed by atoms with Crippen LogP contribution in [0.3, 0.4) is 0 Å². The predicted molar refractivity (Wildman–Crippen MR) is 101 cm³/mol. The van der Waals surface area contributed by atoms with E-state index < -0.39 is 0 Å². The largest absolute Gasteiger partial charge is 0.457 e. The molecule has 3 rings (SSSR count). The van der Waals surface area contributed by atoms with Gasteiger partial charge in [0.15, 0.2) is 0 Å². The van der Waals surface area contributed by atoms with Gasteiger partial charge in [0.1, 0.15) is 11.5 Å². The van der Waals surface area contributed by atoms with Crippen molar-refractivity contribution in [1.82, 2.24) is 5.32 Å². The van der Waals surface area contributed by atoms with Crippen LogP contribution in [0.15, 0.2) is 54.6 Å². The van der Waals surface area contributed by atoms with Crippen LogP contribution in [0.2, 0.25) is 0 Å². The summed E-state index contributed by atoms with van der Waals surface area (Å²) in [4.78, 5) is 12.0. The number of rotatable bonds is 7. The average Bonchev–Trinajstić information content (AvgIpc) is 3.09. The number of carbonyl (C=O) groups excluding carboxylic acids is 1. The lowest BCUT2D eigenvalue weighted by Gasteiger charge is -2.11. The molecule has 134 valence electrons. The molecule has 0 aliphatic carbocycles. The summed E-state index contributed by atoms with van der Waals surface area (Å²) >= 11 is 0. The smallest absolute Gasteiger partial charge is 0.238 e. The Bertz CT molecular complexity index is 661. The van der Waals surface area contributed by atoms with E-state index in [0.29, 0.717) is 18.0 Å².